The molecule has 2 aliphatic rings. The first-order valence-corrected chi connectivity index (χ1v) is 7.89. The molecular weight excluding hydrogens is 250 g/mol. The summed E-state index contributed by atoms with van der Waals surface area (Å²) in [7, 11) is 1.62. The highest BCUT2D eigenvalue weighted by atomic mass is 16.5. The molecule has 3 rings (SSSR count). The summed E-state index contributed by atoms with van der Waals surface area (Å²) >= 11 is 0. The van der Waals surface area contributed by atoms with Crippen LogP contribution < -0.4 is 4.74 Å². The molecule has 1 aliphatic heterocycles. The number of piperidine rings is 1. The summed E-state index contributed by atoms with van der Waals surface area (Å²) in [6.07, 6.45) is 5.89. The monoisotopic (exact) mass is 275 g/mol. The Hall–Kier alpha value is -1.22. The fraction of sp³-hybridized carbons (Fsp3) is 0.647. The molecule has 0 saturated carbocycles. The second kappa shape index (κ2) is 5.65. The van der Waals surface area contributed by atoms with E-state index in [4.69, 9.17) is 4.74 Å². The van der Waals surface area contributed by atoms with Gasteiger partial charge in [-0.05, 0) is 62.7 Å². The van der Waals surface area contributed by atoms with Crippen LogP contribution in [0.15, 0.2) is 12.1 Å². The number of rotatable bonds is 3. The normalized spacial score (nSPS) is 25.9. The number of ether oxygens (including phenoxy) is 1. The van der Waals surface area contributed by atoms with Crippen LogP contribution in [0.4, 0.5) is 0 Å². The molecule has 3 nitrogen and oxygen atoms in total. The zero-order valence-corrected chi connectivity index (χ0v) is 12.6. The Balaban J connectivity index is 1.94. The van der Waals surface area contributed by atoms with E-state index in [9.17, 15) is 5.11 Å². The van der Waals surface area contributed by atoms with Crippen LogP contribution in [-0.2, 0) is 6.42 Å². The van der Waals surface area contributed by atoms with Crippen molar-refractivity contribution in [3.63, 3.8) is 0 Å². The fourth-order valence-corrected chi connectivity index (χ4v) is 4.14. The minimum absolute atomic E-state index is 0.371. The van der Waals surface area contributed by atoms with Gasteiger partial charge in [0.05, 0.1) is 7.11 Å². The summed E-state index contributed by atoms with van der Waals surface area (Å²) in [4.78, 5) is 2.67. The van der Waals surface area contributed by atoms with Gasteiger partial charge in [-0.2, -0.15) is 0 Å². The van der Waals surface area contributed by atoms with E-state index in [0.29, 0.717) is 23.5 Å². The Labute approximate surface area is 121 Å². The van der Waals surface area contributed by atoms with E-state index in [2.05, 4.69) is 17.9 Å². The third-order valence-corrected chi connectivity index (χ3v) is 5.00. The minimum atomic E-state index is 0.371. The number of likely N-dealkylation sites (tertiary alicyclic amines) is 1. The average molecular weight is 275 g/mol. The third-order valence-electron chi connectivity index (χ3n) is 5.00. The Morgan fingerprint density at radius 1 is 1.35 bits per heavy atom. The van der Waals surface area contributed by atoms with E-state index >= 15 is 0 Å². The Kier molecular flexibility index (Phi) is 3.88. The first-order chi connectivity index (χ1) is 9.76. The van der Waals surface area contributed by atoms with Crippen LogP contribution in [0.2, 0.25) is 0 Å². The van der Waals surface area contributed by atoms with Gasteiger partial charge in [-0.3, -0.25) is 4.90 Å². The molecule has 3 heteroatoms. The number of phenols is 1. The Bertz CT molecular complexity index is 484. The second-order valence-electron chi connectivity index (χ2n) is 6.07. The van der Waals surface area contributed by atoms with Gasteiger partial charge in [0.15, 0.2) is 11.5 Å². The van der Waals surface area contributed by atoms with Crippen molar-refractivity contribution < 1.29 is 9.84 Å². The molecule has 1 N–H and O–H groups in total. The van der Waals surface area contributed by atoms with Crippen LogP contribution >= 0.6 is 0 Å². The van der Waals surface area contributed by atoms with Gasteiger partial charge in [-0.1, -0.05) is 13.0 Å². The number of methoxy groups -OCH3 is 1. The molecule has 110 valence electrons. The van der Waals surface area contributed by atoms with Crippen molar-refractivity contribution in [1.82, 2.24) is 4.90 Å². The van der Waals surface area contributed by atoms with Gasteiger partial charge < -0.3 is 9.84 Å². The van der Waals surface area contributed by atoms with E-state index in [1.165, 1.54) is 44.3 Å². The summed E-state index contributed by atoms with van der Waals surface area (Å²) in [5.74, 6) is 1.58. The second-order valence-corrected chi connectivity index (χ2v) is 6.07. The van der Waals surface area contributed by atoms with Crippen molar-refractivity contribution in [2.75, 3.05) is 20.2 Å². The molecule has 1 aromatic carbocycles. The largest absolute Gasteiger partial charge is 0.504 e. The molecule has 20 heavy (non-hydrogen) atoms. The maximum Gasteiger partial charge on any atom is 0.161 e. The van der Waals surface area contributed by atoms with E-state index in [-0.39, 0.29) is 0 Å². The first-order valence-electron chi connectivity index (χ1n) is 7.89. The smallest absolute Gasteiger partial charge is 0.161 e. The lowest BCUT2D eigenvalue weighted by Crippen LogP contribution is -2.46. The van der Waals surface area contributed by atoms with Crippen LogP contribution in [0.3, 0.4) is 0 Å². The molecule has 0 amide bonds. The van der Waals surface area contributed by atoms with Crippen molar-refractivity contribution >= 4 is 0 Å². The van der Waals surface area contributed by atoms with Gasteiger partial charge in [-0.15, -0.1) is 0 Å². The van der Waals surface area contributed by atoms with Crippen LogP contribution in [-0.4, -0.2) is 36.2 Å². The Morgan fingerprint density at radius 2 is 2.20 bits per heavy atom. The molecule has 0 bridgehead atoms. The molecule has 1 fully saturated rings. The summed E-state index contributed by atoms with van der Waals surface area (Å²) in [6.45, 7) is 4.71. The maximum atomic E-state index is 10.4. The molecule has 0 spiro atoms. The first kappa shape index (κ1) is 13.7. The predicted molar refractivity (Wildman–Crippen MR) is 80.6 cm³/mol. The van der Waals surface area contributed by atoms with Gasteiger partial charge in [0.25, 0.3) is 0 Å². The molecule has 1 saturated heterocycles. The number of benzene rings is 1. The maximum absolute atomic E-state index is 10.4. The topological polar surface area (TPSA) is 32.7 Å². The standard InChI is InChI=1S/C17H25NO2/c1-3-10-18-11-4-5-13-12-7-9-16(20-2)17(19)14(12)6-8-15(13)18/h7,9,13,15,19H,3-6,8,10-11H2,1-2H3/t13-,15-/m0/s1. The van der Waals surface area contributed by atoms with Gasteiger partial charge in [0, 0.05) is 11.6 Å². The number of phenolic OH excluding ortho intramolecular Hbond substituents is 1. The lowest BCUT2D eigenvalue weighted by molar-refractivity contribution is 0.112. The number of nitrogens with zero attached hydrogens (tertiary/aromatic N) is 1. The third kappa shape index (κ3) is 2.18. The molecule has 0 radical (unpaired) electrons. The predicted octanol–water partition coefficient (Wildman–Crippen LogP) is 3.31. The van der Waals surface area contributed by atoms with Crippen LogP contribution in [0.1, 0.15) is 49.7 Å². The van der Waals surface area contributed by atoms with Gasteiger partial charge in [0.2, 0.25) is 0 Å². The van der Waals surface area contributed by atoms with Crippen LogP contribution in [0.5, 0.6) is 11.5 Å². The quantitative estimate of drug-likeness (QED) is 0.918. The Morgan fingerprint density at radius 3 is 2.95 bits per heavy atom. The van der Waals surface area contributed by atoms with Crippen molar-refractivity contribution in [2.24, 2.45) is 0 Å². The number of hydrogen-bond donors (Lipinski definition) is 1. The molecule has 1 heterocycles. The highest BCUT2D eigenvalue weighted by Crippen LogP contribution is 2.45. The number of aromatic hydroxyl groups is 1. The molecule has 1 aliphatic carbocycles. The number of hydrogen-bond acceptors (Lipinski definition) is 3. The van der Waals surface area contributed by atoms with Crippen molar-refractivity contribution in [3.05, 3.63) is 23.3 Å². The molecule has 0 unspecified atom stereocenters. The molecule has 2 atom stereocenters. The molecule has 1 aromatic rings. The van der Waals surface area contributed by atoms with Crippen LogP contribution in [0.25, 0.3) is 0 Å². The van der Waals surface area contributed by atoms with Crippen molar-refractivity contribution in [3.8, 4) is 11.5 Å². The van der Waals surface area contributed by atoms with Crippen molar-refractivity contribution in [1.29, 1.82) is 0 Å². The molecule has 0 aromatic heterocycles. The summed E-state index contributed by atoms with van der Waals surface area (Å²) in [5, 5.41) is 10.4. The van der Waals surface area contributed by atoms with Crippen LogP contribution in [0, 0.1) is 0 Å². The SMILES string of the molecule is CCCN1CCC[C@H]2c3ccc(OC)c(O)c3CC[C@@H]21. The summed E-state index contributed by atoms with van der Waals surface area (Å²) < 4.78 is 5.25. The minimum Gasteiger partial charge on any atom is -0.504 e. The van der Waals surface area contributed by atoms with Gasteiger partial charge in [0.1, 0.15) is 0 Å². The lowest BCUT2D eigenvalue weighted by atomic mass is 9.74. The average Bonchev–Trinajstić information content (AvgIpc) is 2.48. The lowest BCUT2D eigenvalue weighted by Gasteiger charge is -2.45. The highest BCUT2D eigenvalue weighted by Gasteiger charge is 2.37. The van der Waals surface area contributed by atoms with Gasteiger partial charge in [-0.25, -0.2) is 0 Å². The van der Waals surface area contributed by atoms with Gasteiger partial charge >= 0.3 is 0 Å². The van der Waals surface area contributed by atoms with Crippen molar-refractivity contribution in [2.45, 2.75) is 51.0 Å². The zero-order valence-electron chi connectivity index (χ0n) is 12.6. The van der Waals surface area contributed by atoms with E-state index in [1.54, 1.807) is 7.11 Å². The summed E-state index contributed by atoms with van der Waals surface area (Å²) in [6, 6.07) is 4.78. The van der Waals surface area contributed by atoms with E-state index in [0.717, 1.165) is 12.0 Å². The molecular formula is C17H25NO2. The number of fused-ring (bicyclic) bond motifs is 3. The fourth-order valence-electron chi connectivity index (χ4n) is 4.14. The van der Waals surface area contributed by atoms with E-state index < -0.39 is 0 Å². The zero-order chi connectivity index (χ0) is 14.1. The van der Waals surface area contributed by atoms with E-state index in [1.807, 2.05) is 6.07 Å². The summed E-state index contributed by atoms with van der Waals surface area (Å²) in [5.41, 5.74) is 2.49. The highest BCUT2D eigenvalue weighted by molar-refractivity contribution is 5.52.